The summed E-state index contributed by atoms with van der Waals surface area (Å²) in [5.41, 5.74) is 6.38. The first-order valence-electron chi connectivity index (χ1n) is 5.07. The zero-order chi connectivity index (χ0) is 7.73. The van der Waals surface area contributed by atoms with E-state index in [0.717, 1.165) is 17.9 Å². The minimum Gasteiger partial charge on any atom is -0.330 e. The number of hydrogen-bond acceptors (Lipinski definition) is 1. The Balaban J connectivity index is 1.92. The second-order valence-corrected chi connectivity index (χ2v) is 4.38. The molecule has 0 bridgehead atoms. The molecule has 2 aliphatic carbocycles. The summed E-state index contributed by atoms with van der Waals surface area (Å²) in [6.07, 6.45) is 10.2. The molecule has 0 aromatic carbocycles. The van der Waals surface area contributed by atoms with Gasteiger partial charge in [0.25, 0.3) is 0 Å². The molecule has 2 N–H and O–H groups in total. The molecular weight excluding hydrogens is 134 g/mol. The third-order valence-electron chi connectivity index (χ3n) is 3.96. The summed E-state index contributed by atoms with van der Waals surface area (Å²) in [7, 11) is 0. The maximum atomic E-state index is 5.64. The molecule has 0 unspecified atom stereocenters. The van der Waals surface area contributed by atoms with Gasteiger partial charge in [-0.15, -0.1) is 0 Å². The fourth-order valence-electron chi connectivity index (χ4n) is 2.80. The topological polar surface area (TPSA) is 26.0 Å². The van der Waals surface area contributed by atoms with E-state index >= 15 is 0 Å². The van der Waals surface area contributed by atoms with Crippen molar-refractivity contribution in [1.82, 2.24) is 0 Å². The summed E-state index contributed by atoms with van der Waals surface area (Å²) in [5.74, 6) is 1.07. The lowest BCUT2D eigenvalue weighted by Crippen LogP contribution is -2.42. The van der Waals surface area contributed by atoms with Gasteiger partial charge in [0, 0.05) is 0 Å². The molecule has 2 fully saturated rings. The van der Waals surface area contributed by atoms with Crippen molar-refractivity contribution in [3.63, 3.8) is 0 Å². The SMILES string of the molecule is NCCC1(C2CCC2)CCC1. The third kappa shape index (κ3) is 1.10. The lowest BCUT2D eigenvalue weighted by molar-refractivity contribution is -0.00379. The van der Waals surface area contributed by atoms with E-state index in [0.29, 0.717) is 0 Å². The summed E-state index contributed by atoms with van der Waals surface area (Å²) < 4.78 is 0. The van der Waals surface area contributed by atoms with Gasteiger partial charge in [0.2, 0.25) is 0 Å². The van der Waals surface area contributed by atoms with Crippen LogP contribution in [-0.4, -0.2) is 6.54 Å². The minimum absolute atomic E-state index is 0.743. The molecule has 0 aromatic heterocycles. The Morgan fingerprint density at radius 2 is 1.91 bits per heavy atom. The molecule has 1 nitrogen and oxygen atoms in total. The van der Waals surface area contributed by atoms with Crippen LogP contribution in [0, 0.1) is 11.3 Å². The van der Waals surface area contributed by atoms with Gasteiger partial charge >= 0.3 is 0 Å². The molecule has 0 aliphatic heterocycles. The molecule has 0 atom stereocenters. The predicted octanol–water partition coefficient (Wildman–Crippen LogP) is 2.31. The van der Waals surface area contributed by atoms with Gasteiger partial charge in [-0.05, 0) is 50.0 Å². The summed E-state index contributed by atoms with van der Waals surface area (Å²) in [4.78, 5) is 0. The van der Waals surface area contributed by atoms with Gasteiger partial charge in [0.1, 0.15) is 0 Å². The van der Waals surface area contributed by atoms with Crippen LogP contribution in [0.5, 0.6) is 0 Å². The molecule has 0 saturated heterocycles. The summed E-state index contributed by atoms with van der Waals surface area (Å²) in [6.45, 7) is 0.913. The van der Waals surface area contributed by atoms with E-state index < -0.39 is 0 Å². The van der Waals surface area contributed by atoms with Crippen molar-refractivity contribution in [2.75, 3.05) is 6.54 Å². The average Bonchev–Trinajstić information content (AvgIpc) is 1.79. The van der Waals surface area contributed by atoms with Crippen LogP contribution in [0.2, 0.25) is 0 Å². The van der Waals surface area contributed by atoms with Crippen molar-refractivity contribution in [1.29, 1.82) is 0 Å². The van der Waals surface area contributed by atoms with Crippen molar-refractivity contribution < 1.29 is 0 Å². The van der Waals surface area contributed by atoms with Gasteiger partial charge in [-0.2, -0.15) is 0 Å². The van der Waals surface area contributed by atoms with Gasteiger partial charge < -0.3 is 5.73 Å². The summed E-state index contributed by atoms with van der Waals surface area (Å²) in [6, 6.07) is 0. The van der Waals surface area contributed by atoms with Crippen LogP contribution in [0.25, 0.3) is 0 Å². The lowest BCUT2D eigenvalue weighted by Gasteiger charge is -2.52. The number of nitrogens with two attached hydrogens (primary N) is 1. The molecule has 2 aliphatic rings. The zero-order valence-corrected chi connectivity index (χ0v) is 7.31. The zero-order valence-electron chi connectivity index (χ0n) is 7.31. The molecule has 0 radical (unpaired) electrons. The average molecular weight is 153 g/mol. The molecular formula is C10H19N. The smallest absolute Gasteiger partial charge is 0.00719 e. The highest BCUT2D eigenvalue weighted by atomic mass is 14.6. The first-order valence-corrected chi connectivity index (χ1v) is 5.07. The fraction of sp³-hybridized carbons (Fsp3) is 1.00. The Kier molecular flexibility index (Phi) is 1.92. The van der Waals surface area contributed by atoms with E-state index in [2.05, 4.69) is 0 Å². The van der Waals surface area contributed by atoms with E-state index in [4.69, 9.17) is 5.73 Å². The molecule has 0 heterocycles. The largest absolute Gasteiger partial charge is 0.330 e. The van der Waals surface area contributed by atoms with Crippen molar-refractivity contribution in [3.8, 4) is 0 Å². The van der Waals surface area contributed by atoms with Crippen LogP contribution < -0.4 is 5.73 Å². The van der Waals surface area contributed by atoms with Crippen LogP contribution in [-0.2, 0) is 0 Å². The quantitative estimate of drug-likeness (QED) is 0.661. The number of hydrogen-bond donors (Lipinski definition) is 1. The molecule has 0 amide bonds. The highest BCUT2D eigenvalue weighted by Crippen LogP contribution is 2.56. The second kappa shape index (κ2) is 2.78. The monoisotopic (exact) mass is 153 g/mol. The van der Waals surface area contributed by atoms with Gasteiger partial charge in [-0.25, -0.2) is 0 Å². The van der Waals surface area contributed by atoms with Crippen LogP contribution in [0.15, 0.2) is 0 Å². The van der Waals surface area contributed by atoms with E-state index in [1.54, 1.807) is 0 Å². The summed E-state index contributed by atoms with van der Waals surface area (Å²) >= 11 is 0. The fourth-order valence-corrected chi connectivity index (χ4v) is 2.80. The highest BCUT2D eigenvalue weighted by molar-refractivity contribution is 4.96. The Labute approximate surface area is 69.4 Å². The van der Waals surface area contributed by atoms with Crippen LogP contribution in [0.4, 0.5) is 0 Å². The maximum absolute atomic E-state index is 5.64. The Morgan fingerprint density at radius 1 is 1.18 bits per heavy atom. The van der Waals surface area contributed by atoms with Crippen molar-refractivity contribution in [2.24, 2.45) is 17.1 Å². The van der Waals surface area contributed by atoms with Crippen molar-refractivity contribution in [3.05, 3.63) is 0 Å². The molecule has 11 heavy (non-hydrogen) atoms. The molecule has 0 spiro atoms. The number of rotatable bonds is 3. The van der Waals surface area contributed by atoms with Gasteiger partial charge in [-0.1, -0.05) is 12.8 Å². The van der Waals surface area contributed by atoms with Gasteiger partial charge in [-0.3, -0.25) is 0 Å². The third-order valence-corrected chi connectivity index (χ3v) is 3.96. The predicted molar refractivity (Wildman–Crippen MR) is 47.3 cm³/mol. The molecule has 1 heteroatoms. The molecule has 2 rings (SSSR count). The molecule has 0 aromatic rings. The normalized spacial score (nSPS) is 29.2. The van der Waals surface area contributed by atoms with Crippen LogP contribution in [0.3, 0.4) is 0 Å². The molecule has 2 saturated carbocycles. The molecule has 64 valence electrons. The Morgan fingerprint density at radius 3 is 2.18 bits per heavy atom. The van der Waals surface area contributed by atoms with Crippen molar-refractivity contribution >= 4 is 0 Å². The highest BCUT2D eigenvalue weighted by Gasteiger charge is 2.44. The Hall–Kier alpha value is -0.0400. The van der Waals surface area contributed by atoms with Crippen LogP contribution in [0.1, 0.15) is 44.9 Å². The standard InChI is InChI=1S/C10H19N/c11-8-7-10(5-2-6-10)9-3-1-4-9/h9H,1-8,11H2. The van der Waals surface area contributed by atoms with Crippen molar-refractivity contribution in [2.45, 2.75) is 44.9 Å². The van der Waals surface area contributed by atoms with E-state index in [1.807, 2.05) is 0 Å². The van der Waals surface area contributed by atoms with Gasteiger partial charge in [0.15, 0.2) is 0 Å². The lowest BCUT2D eigenvalue weighted by atomic mass is 9.54. The summed E-state index contributed by atoms with van der Waals surface area (Å²) in [5, 5.41) is 0. The van der Waals surface area contributed by atoms with E-state index in [9.17, 15) is 0 Å². The van der Waals surface area contributed by atoms with E-state index in [-0.39, 0.29) is 0 Å². The first kappa shape index (κ1) is 7.60. The van der Waals surface area contributed by atoms with E-state index in [1.165, 1.54) is 44.9 Å². The first-order chi connectivity index (χ1) is 5.37. The minimum atomic E-state index is 0.743. The maximum Gasteiger partial charge on any atom is -0.00719 e. The Bertz CT molecular complexity index is 134. The van der Waals surface area contributed by atoms with Crippen LogP contribution >= 0.6 is 0 Å². The second-order valence-electron chi connectivity index (χ2n) is 4.38. The van der Waals surface area contributed by atoms with Gasteiger partial charge in [0.05, 0.1) is 0 Å².